The molecule has 0 amide bonds. The molecule has 1 aromatic carbocycles. The molecular weight excluding hydrogens is 325 g/mol. The van der Waals surface area contributed by atoms with E-state index >= 15 is 0 Å². The zero-order chi connectivity index (χ0) is 16.2. The molecule has 1 fully saturated rings. The van der Waals surface area contributed by atoms with Crippen LogP contribution in [-0.2, 0) is 0 Å². The Morgan fingerprint density at radius 1 is 1.00 bits per heavy atom. The Bertz CT molecular complexity index is 683. The van der Waals surface area contributed by atoms with Gasteiger partial charge in [0.15, 0.2) is 0 Å². The molecule has 3 rings (SSSR count). The fourth-order valence-electron chi connectivity index (χ4n) is 3.39. The summed E-state index contributed by atoms with van der Waals surface area (Å²) in [5.74, 6) is 1.41. The van der Waals surface area contributed by atoms with Crippen molar-refractivity contribution in [2.24, 2.45) is 5.92 Å². The summed E-state index contributed by atoms with van der Waals surface area (Å²) >= 11 is 12.1. The van der Waals surface area contributed by atoms with Gasteiger partial charge >= 0.3 is 0 Å². The second kappa shape index (κ2) is 7.51. The van der Waals surface area contributed by atoms with Crippen LogP contribution in [0.5, 0.6) is 0 Å². The first kappa shape index (κ1) is 16.5. The van der Waals surface area contributed by atoms with E-state index in [9.17, 15) is 0 Å². The maximum atomic E-state index is 6.09. The Hall–Kier alpha value is -1.31. The number of aromatic nitrogens is 1. The van der Waals surface area contributed by atoms with E-state index in [1.165, 1.54) is 31.2 Å². The van der Waals surface area contributed by atoms with E-state index in [2.05, 4.69) is 36.2 Å². The minimum absolute atomic E-state index is 0.567. The van der Waals surface area contributed by atoms with Crippen LogP contribution in [0.4, 0.5) is 0 Å². The number of pyridine rings is 1. The summed E-state index contributed by atoms with van der Waals surface area (Å²) in [5.41, 5.74) is 3.30. The SMILES string of the molecule is C/C=C/C1CCC(c2ccc(-c3ccc(Cl)c(Cl)c3)nc2)CC1. The topological polar surface area (TPSA) is 12.9 Å². The number of allylic oxidation sites excluding steroid dienone is 2. The molecule has 1 aliphatic carbocycles. The number of hydrogen-bond acceptors (Lipinski definition) is 1. The largest absolute Gasteiger partial charge is 0.256 e. The van der Waals surface area contributed by atoms with Gasteiger partial charge in [-0.2, -0.15) is 0 Å². The predicted octanol–water partition coefficient (Wildman–Crippen LogP) is 6.91. The number of rotatable bonds is 3. The second-order valence-electron chi connectivity index (χ2n) is 6.24. The van der Waals surface area contributed by atoms with Crippen molar-refractivity contribution in [3.63, 3.8) is 0 Å². The molecule has 1 aliphatic rings. The van der Waals surface area contributed by atoms with E-state index in [1.54, 1.807) is 0 Å². The lowest BCUT2D eigenvalue weighted by Gasteiger charge is -2.26. The first-order chi connectivity index (χ1) is 11.2. The zero-order valence-corrected chi connectivity index (χ0v) is 14.8. The van der Waals surface area contributed by atoms with E-state index in [0.29, 0.717) is 16.0 Å². The van der Waals surface area contributed by atoms with E-state index < -0.39 is 0 Å². The molecule has 0 saturated heterocycles. The lowest BCUT2D eigenvalue weighted by molar-refractivity contribution is 0.375. The van der Waals surface area contributed by atoms with Crippen molar-refractivity contribution in [1.82, 2.24) is 4.98 Å². The third kappa shape index (κ3) is 3.97. The number of hydrogen-bond donors (Lipinski definition) is 0. The van der Waals surface area contributed by atoms with Crippen LogP contribution in [0.3, 0.4) is 0 Å². The lowest BCUT2D eigenvalue weighted by Crippen LogP contribution is -2.11. The van der Waals surface area contributed by atoms with Crippen molar-refractivity contribution in [3.8, 4) is 11.3 Å². The Labute approximate surface area is 148 Å². The normalized spacial score (nSPS) is 21.7. The average Bonchev–Trinajstić information content (AvgIpc) is 2.59. The molecule has 2 aromatic rings. The van der Waals surface area contributed by atoms with E-state index in [0.717, 1.165) is 17.2 Å². The fourth-order valence-corrected chi connectivity index (χ4v) is 3.69. The monoisotopic (exact) mass is 345 g/mol. The van der Waals surface area contributed by atoms with Crippen LogP contribution in [0.2, 0.25) is 10.0 Å². The van der Waals surface area contributed by atoms with E-state index in [1.807, 2.05) is 24.4 Å². The number of benzene rings is 1. The molecule has 1 saturated carbocycles. The Morgan fingerprint density at radius 2 is 1.78 bits per heavy atom. The van der Waals surface area contributed by atoms with Gasteiger partial charge in [0.1, 0.15) is 0 Å². The molecule has 0 radical (unpaired) electrons. The fraction of sp³-hybridized carbons (Fsp3) is 0.350. The molecule has 0 atom stereocenters. The van der Waals surface area contributed by atoms with Gasteiger partial charge in [0, 0.05) is 11.8 Å². The van der Waals surface area contributed by atoms with Crippen LogP contribution in [0.15, 0.2) is 48.7 Å². The van der Waals surface area contributed by atoms with Crippen molar-refractivity contribution in [2.75, 3.05) is 0 Å². The molecule has 23 heavy (non-hydrogen) atoms. The van der Waals surface area contributed by atoms with Gasteiger partial charge in [-0.05, 0) is 68.2 Å². The summed E-state index contributed by atoms with van der Waals surface area (Å²) < 4.78 is 0. The van der Waals surface area contributed by atoms with Crippen molar-refractivity contribution < 1.29 is 0 Å². The summed E-state index contributed by atoms with van der Waals surface area (Å²) in [7, 11) is 0. The van der Waals surface area contributed by atoms with Gasteiger partial charge < -0.3 is 0 Å². The minimum atomic E-state index is 0.567. The van der Waals surface area contributed by atoms with Gasteiger partial charge in [-0.25, -0.2) is 0 Å². The third-order valence-corrected chi connectivity index (χ3v) is 5.45. The first-order valence-electron chi connectivity index (χ1n) is 8.21. The smallest absolute Gasteiger partial charge is 0.0702 e. The zero-order valence-electron chi connectivity index (χ0n) is 13.3. The molecule has 1 aromatic heterocycles. The molecule has 120 valence electrons. The Kier molecular flexibility index (Phi) is 5.40. The van der Waals surface area contributed by atoms with Crippen molar-refractivity contribution in [3.05, 3.63) is 64.3 Å². The quantitative estimate of drug-likeness (QED) is 0.551. The molecule has 0 spiro atoms. The Balaban J connectivity index is 1.71. The highest BCUT2D eigenvalue weighted by molar-refractivity contribution is 6.42. The van der Waals surface area contributed by atoms with Crippen LogP contribution in [0.1, 0.15) is 44.1 Å². The number of nitrogens with zero attached hydrogens (tertiary/aromatic N) is 1. The lowest BCUT2D eigenvalue weighted by atomic mass is 9.79. The molecular formula is C20H21Cl2N. The number of halogens is 2. The summed E-state index contributed by atoms with van der Waals surface area (Å²) in [4.78, 5) is 4.63. The average molecular weight is 346 g/mol. The summed E-state index contributed by atoms with van der Waals surface area (Å²) in [6.07, 6.45) is 11.6. The van der Waals surface area contributed by atoms with E-state index in [-0.39, 0.29) is 0 Å². The van der Waals surface area contributed by atoms with Crippen LogP contribution in [0, 0.1) is 5.92 Å². The molecule has 0 bridgehead atoms. The van der Waals surface area contributed by atoms with Gasteiger partial charge in [-0.1, -0.05) is 47.5 Å². The standard InChI is InChI=1S/C20H21Cl2N/c1-2-3-14-4-6-15(7-5-14)17-9-11-20(23-13-17)16-8-10-18(21)19(22)12-16/h2-3,8-15H,4-7H2,1H3/b3-2+. The van der Waals surface area contributed by atoms with Gasteiger partial charge in [0.05, 0.1) is 15.7 Å². The van der Waals surface area contributed by atoms with E-state index in [4.69, 9.17) is 23.2 Å². The van der Waals surface area contributed by atoms with Crippen molar-refractivity contribution in [2.45, 2.75) is 38.5 Å². The summed E-state index contributed by atoms with van der Waals surface area (Å²) in [6, 6.07) is 9.95. The Morgan fingerprint density at radius 3 is 2.39 bits per heavy atom. The van der Waals surface area contributed by atoms with Gasteiger partial charge in [0.25, 0.3) is 0 Å². The molecule has 0 aliphatic heterocycles. The molecule has 0 unspecified atom stereocenters. The highest BCUT2D eigenvalue weighted by Crippen LogP contribution is 2.36. The minimum Gasteiger partial charge on any atom is -0.256 e. The molecule has 1 heterocycles. The predicted molar refractivity (Wildman–Crippen MR) is 99.2 cm³/mol. The maximum Gasteiger partial charge on any atom is 0.0702 e. The maximum absolute atomic E-state index is 6.09. The third-order valence-electron chi connectivity index (χ3n) is 4.71. The molecule has 1 nitrogen and oxygen atoms in total. The summed E-state index contributed by atoms with van der Waals surface area (Å²) in [5, 5.41) is 1.14. The molecule has 0 N–H and O–H groups in total. The van der Waals surface area contributed by atoms with Crippen LogP contribution >= 0.6 is 23.2 Å². The van der Waals surface area contributed by atoms with Gasteiger partial charge in [-0.15, -0.1) is 0 Å². The van der Waals surface area contributed by atoms with Crippen molar-refractivity contribution >= 4 is 23.2 Å². The van der Waals surface area contributed by atoms with Gasteiger partial charge in [-0.3, -0.25) is 4.98 Å². The van der Waals surface area contributed by atoms with Gasteiger partial charge in [0.2, 0.25) is 0 Å². The highest BCUT2D eigenvalue weighted by Gasteiger charge is 2.21. The second-order valence-corrected chi connectivity index (χ2v) is 7.06. The molecule has 3 heteroatoms. The highest BCUT2D eigenvalue weighted by atomic mass is 35.5. The first-order valence-corrected chi connectivity index (χ1v) is 8.97. The summed E-state index contributed by atoms with van der Waals surface area (Å²) in [6.45, 7) is 2.11. The van der Waals surface area contributed by atoms with Crippen LogP contribution in [-0.4, -0.2) is 4.98 Å². The van der Waals surface area contributed by atoms with Crippen LogP contribution in [0.25, 0.3) is 11.3 Å². The van der Waals surface area contributed by atoms with Crippen molar-refractivity contribution in [1.29, 1.82) is 0 Å². The van der Waals surface area contributed by atoms with Crippen LogP contribution < -0.4 is 0 Å².